The second-order valence-electron chi connectivity index (χ2n) is 7.90. The van der Waals surface area contributed by atoms with Crippen molar-refractivity contribution < 1.29 is 14.3 Å². The van der Waals surface area contributed by atoms with Crippen LogP contribution in [-0.2, 0) is 29.0 Å². The van der Waals surface area contributed by atoms with Gasteiger partial charge in [-0.3, -0.25) is 14.5 Å². The van der Waals surface area contributed by atoms with E-state index in [0.29, 0.717) is 12.3 Å². The van der Waals surface area contributed by atoms with E-state index in [1.54, 1.807) is 24.3 Å². The van der Waals surface area contributed by atoms with Crippen LogP contribution < -0.4 is 15.8 Å². The summed E-state index contributed by atoms with van der Waals surface area (Å²) in [4.78, 5) is 27.4. The highest BCUT2D eigenvalue weighted by Gasteiger charge is 2.25. The van der Waals surface area contributed by atoms with Gasteiger partial charge in [0.15, 0.2) is 6.61 Å². The lowest BCUT2D eigenvalue weighted by Crippen LogP contribution is -2.41. The fraction of sp³-hybridized carbons (Fsp3) is 0.280. The van der Waals surface area contributed by atoms with Gasteiger partial charge in [0.1, 0.15) is 5.75 Å². The number of carbonyl (C=O) groups excluding carboxylic acids is 2. The van der Waals surface area contributed by atoms with Crippen molar-refractivity contribution in [2.75, 3.05) is 19.7 Å². The Morgan fingerprint density at radius 1 is 1.09 bits per heavy atom. The lowest BCUT2D eigenvalue weighted by atomic mass is 10.0. The highest BCUT2D eigenvalue weighted by atomic mass is 32.1. The summed E-state index contributed by atoms with van der Waals surface area (Å²) < 4.78 is 5.61. The molecule has 0 radical (unpaired) electrons. The third-order valence-corrected chi connectivity index (χ3v) is 6.65. The van der Waals surface area contributed by atoms with E-state index in [4.69, 9.17) is 10.5 Å². The van der Waals surface area contributed by atoms with Gasteiger partial charge in [-0.15, -0.1) is 11.3 Å². The zero-order valence-electron chi connectivity index (χ0n) is 17.8. The Hall–Kier alpha value is -3.16. The molecule has 4 rings (SSSR count). The summed E-state index contributed by atoms with van der Waals surface area (Å²) in [6.07, 6.45) is 1.23. The summed E-state index contributed by atoms with van der Waals surface area (Å²) >= 11 is 1.83. The fourth-order valence-corrected chi connectivity index (χ4v) is 4.87. The first kappa shape index (κ1) is 22.0. The van der Waals surface area contributed by atoms with Gasteiger partial charge < -0.3 is 15.8 Å². The van der Waals surface area contributed by atoms with Gasteiger partial charge in [-0.2, -0.15) is 0 Å². The summed E-state index contributed by atoms with van der Waals surface area (Å²) in [5.74, 6) is 0.0318. The summed E-state index contributed by atoms with van der Waals surface area (Å²) in [6, 6.07) is 19.6. The lowest BCUT2D eigenvalue weighted by molar-refractivity contribution is -0.123. The molecule has 1 aliphatic heterocycles. The topological polar surface area (TPSA) is 84.7 Å². The van der Waals surface area contributed by atoms with Crippen LogP contribution >= 0.6 is 11.3 Å². The van der Waals surface area contributed by atoms with Crippen LogP contribution in [0.3, 0.4) is 0 Å². The predicted octanol–water partition coefficient (Wildman–Crippen LogP) is 3.07. The van der Waals surface area contributed by atoms with E-state index in [-0.39, 0.29) is 30.9 Å². The Morgan fingerprint density at radius 2 is 1.88 bits per heavy atom. The van der Waals surface area contributed by atoms with Gasteiger partial charge >= 0.3 is 0 Å². The molecule has 0 spiro atoms. The van der Waals surface area contributed by atoms with Gasteiger partial charge in [0.05, 0.1) is 12.5 Å². The van der Waals surface area contributed by atoms with Gasteiger partial charge in [0.2, 0.25) is 5.91 Å². The minimum atomic E-state index is -0.380. The van der Waals surface area contributed by atoms with Crippen LogP contribution in [0.2, 0.25) is 0 Å². The minimum absolute atomic E-state index is 0.0641. The number of nitrogens with two attached hydrogens (primary N) is 1. The van der Waals surface area contributed by atoms with E-state index in [1.165, 1.54) is 16.0 Å². The Kier molecular flexibility index (Phi) is 7.19. The van der Waals surface area contributed by atoms with Crippen molar-refractivity contribution in [1.82, 2.24) is 10.2 Å². The number of fused-ring (bicyclic) bond motifs is 1. The number of benzene rings is 2. The SMILES string of the molecule is NC(=O)Cc1ccc(OCC(=O)NCC(c2ccccc2)N2CCc3sccc3C2)cc1. The van der Waals surface area contributed by atoms with Crippen molar-refractivity contribution in [1.29, 1.82) is 0 Å². The molecule has 3 N–H and O–H groups in total. The highest BCUT2D eigenvalue weighted by Crippen LogP contribution is 2.30. The van der Waals surface area contributed by atoms with Gasteiger partial charge in [-0.25, -0.2) is 0 Å². The summed E-state index contributed by atoms with van der Waals surface area (Å²) in [5.41, 5.74) is 8.60. The molecular weight excluding hydrogens is 422 g/mol. The number of amides is 2. The minimum Gasteiger partial charge on any atom is -0.484 e. The number of nitrogens with zero attached hydrogens (tertiary/aromatic N) is 1. The van der Waals surface area contributed by atoms with Crippen LogP contribution in [0, 0.1) is 0 Å². The molecule has 32 heavy (non-hydrogen) atoms. The highest BCUT2D eigenvalue weighted by molar-refractivity contribution is 7.10. The third-order valence-electron chi connectivity index (χ3n) is 5.63. The van der Waals surface area contributed by atoms with Gasteiger partial charge in [0, 0.05) is 24.5 Å². The number of hydrogen-bond donors (Lipinski definition) is 2. The molecule has 0 bridgehead atoms. The molecule has 1 aromatic heterocycles. The molecule has 1 unspecified atom stereocenters. The second kappa shape index (κ2) is 10.4. The molecule has 6 nitrogen and oxygen atoms in total. The molecule has 0 fully saturated rings. The maximum Gasteiger partial charge on any atom is 0.258 e. The first-order valence-electron chi connectivity index (χ1n) is 10.7. The van der Waals surface area contributed by atoms with Crippen molar-refractivity contribution in [2.45, 2.75) is 25.4 Å². The standard InChI is InChI=1S/C25H27N3O3S/c26-24(29)14-18-6-8-21(9-7-18)31-17-25(30)27-15-22(19-4-2-1-3-5-19)28-12-10-23-20(16-28)11-13-32-23/h1-9,11,13,22H,10,12,14-17H2,(H2,26,29)(H,27,30). The van der Waals surface area contributed by atoms with Crippen molar-refractivity contribution >= 4 is 23.2 Å². The largest absolute Gasteiger partial charge is 0.484 e. The molecule has 166 valence electrons. The molecule has 2 amide bonds. The quantitative estimate of drug-likeness (QED) is 0.526. The number of rotatable bonds is 9. The Labute approximate surface area is 192 Å². The Balaban J connectivity index is 1.34. The van der Waals surface area contributed by atoms with E-state index >= 15 is 0 Å². The zero-order chi connectivity index (χ0) is 22.3. The van der Waals surface area contributed by atoms with Crippen molar-refractivity contribution in [3.05, 3.63) is 87.6 Å². The molecule has 3 aromatic rings. The third kappa shape index (κ3) is 5.75. The molecule has 2 aromatic carbocycles. The van der Waals surface area contributed by atoms with Crippen LogP contribution in [-0.4, -0.2) is 36.4 Å². The number of carbonyl (C=O) groups is 2. The van der Waals surface area contributed by atoms with Crippen LogP contribution in [0.1, 0.15) is 27.6 Å². The maximum absolute atomic E-state index is 12.5. The van der Waals surface area contributed by atoms with Gasteiger partial charge in [0.25, 0.3) is 5.91 Å². The predicted molar refractivity (Wildman–Crippen MR) is 125 cm³/mol. The first-order valence-corrected chi connectivity index (χ1v) is 11.6. The van der Waals surface area contributed by atoms with Crippen LogP contribution in [0.25, 0.3) is 0 Å². The van der Waals surface area contributed by atoms with E-state index in [0.717, 1.165) is 25.1 Å². The fourth-order valence-electron chi connectivity index (χ4n) is 3.98. The first-order chi connectivity index (χ1) is 15.6. The van der Waals surface area contributed by atoms with Crippen LogP contribution in [0.4, 0.5) is 0 Å². The Bertz CT molecular complexity index is 1050. The van der Waals surface area contributed by atoms with E-state index < -0.39 is 0 Å². The smallest absolute Gasteiger partial charge is 0.258 e. The monoisotopic (exact) mass is 449 g/mol. The lowest BCUT2D eigenvalue weighted by Gasteiger charge is -2.35. The average Bonchev–Trinajstić information content (AvgIpc) is 3.27. The number of nitrogens with one attached hydrogen (secondary N) is 1. The summed E-state index contributed by atoms with van der Waals surface area (Å²) in [6.45, 7) is 2.31. The molecule has 2 heterocycles. The van der Waals surface area contributed by atoms with E-state index in [9.17, 15) is 9.59 Å². The van der Waals surface area contributed by atoms with Crippen LogP contribution in [0.15, 0.2) is 66.0 Å². The number of thiophene rings is 1. The number of hydrogen-bond acceptors (Lipinski definition) is 5. The second-order valence-corrected chi connectivity index (χ2v) is 8.90. The van der Waals surface area contributed by atoms with E-state index in [2.05, 4.69) is 33.8 Å². The van der Waals surface area contributed by atoms with Crippen LogP contribution in [0.5, 0.6) is 5.75 Å². The molecule has 0 aliphatic carbocycles. The van der Waals surface area contributed by atoms with E-state index in [1.807, 2.05) is 29.5 Å². The van der Waals surface area contributed by atoms with Crippen molar-refractivity contribution in [2.24, 2.45) is 5.73 Å². The maximum atomic E-state index is 12.5. The average molecular weight is 450 g/mol. The van der Waals surface area contributed by atoms with Gasteiger partial charge in [-0.1, -0.05) is 42.5 Å². The summed E-state index contributed by atoms with van der Waals surface area (Å²) in [7, 11) is 0. The van der Waals surface area contributed by atoms with Gasteiger partial charge in [-0.05, 0) is 46.7 Å². The normalized spacial score (nSPS) is 14.4. The molecule has 0 saturated heterocycles. The molecule has 7 heteroatoms. The summed E-state index contributed by atoms with van der Waals surface area (Å²) in [5, 5.41) is 5.20. The number of ether oxygens (including phenoxy) is 1. The Morgan fingerprint density at radius 3 is 2.62 bits per heavy atom. The number of primary amides is 1. The molecule has 1 aliphatic rings. The molecular formula is C25H27N3O3S. The van der Waals surface area contributed by atoms with Crippen molar-refractivity contribution in [3.63, 3.8) is 0 Å². The van der Waals surface area contributed by atoms with Crippen molar-refractivity contribution in [3.8, 4) is 5.75 Å². The zero-order valence-corrected chi connectivity index (χ0v) is 18.6. The molecule has 1 atom stereocenters. The molecule has 0 saturated carbocycles.